The van der Waals surface area contributed by atoms with E-state index in [1.54, 1.807) is 19.3 Å². The highest BCUT2D eigenvalue weighted by atomic mass is 19.4. The Morgan fingerprint density at radius 1 is 1.31 bits per heavy atom. The summed E-state index contributed by atoms with van der Waals surface area (Å²) in [7, 11) is 0. The zero-order chi connectivity index (χ0) is 12.8. The highest BCUT2D eigenvalue weighted by molar-refractivity contribution is 5.81. The fourth-order valence-electron chi connectivity index (χ4n) is 1.24. The van der Waals surface area contributed by atoms with E-state index in [0.717, 1.165) is 0 Å². The van der Waals surface area contributed by atoms with Gasteiger partial charge in [-0.15, -0.1) is 0 Å². The van der Waals surface area contributed by atoms with Crippen LogP contribution in [0, 0.1) is 5.41 Å². The predicted molar refractivity (Wildman–Crippen MR) is 52.2 cm³/mol. The minimum atomic E-state index is -4.46. The molecule has 0 aliphatic carbocycles. The van der Waals surface area contributed by atoms with Gasteiger partial charge in [-0.2, -0.15) is 13.2 Å². The Bertz CT molecular complexity index is 219. The van der Waals surface area contributed by atoms with Crippen LogP contribution < -0.4 is 11.2 Å². The molecule has 0 aromatic carbocycles. The van der Waals surface area contributed by atoms with Gasteiger partial charge in [-0.3, -0.25) is 9.63 Å². The summed E-state index contributed by atoms with van der Waals surface area (Å²) in [6.45, 7) is 2.06. The fraction of sp³-hybridized carbons (Fsp3) is 0.889. The van der Waals surface area contributed by atoms with Crippen LogP contribution in [0.25, 0.3) is 0 Å². The summed E-state index contributed by atoms with van der Waals surface area (Å²) < 4.78 is 35.2. The minimum absolute atomic E-state index is 0.0706. The Balaban J connectivity index is 4.23. The number of hydrogen-bond donors (Lipinski definition) is 2. The molecule has 0 unspecified atom stereocenters. The van der Waals surface area contributed by atoms with E-state index >= 15 is 0 Å². The first-order chi connectivity index (χ1) is 7.31. The van der Waals surface area contributed by atoms with Crippen molar-refractivity contribution in [1.29, 1.82) is 0 Å². The van der Waals surface area contributed by atoms with E-state index < -0.39 is 24.1 Å². The van der Waals surface area contributed by atoms with Crippen LogP contribution in [0.5, 0.6) is 0 Å². The van der Waals surface area contributed by atoms with Crippen molar-refractivity contribution in [2.24, 2.45) is 11.1 Å². The van der Waals surface area contributed by atoms with Crippen molar-refractivity contribution in [3.8, 4) is 0 Å². The van der Waals surface area contributed by atoms with Gasteiger partial charge in [0, 0.05) is 6.54 Å². The molecular formula is C9H17F3N2O2. The number of carbonyl (C=O) groups is 1. The molecule has 0 spiro atoms. The van der Waals surface area contributed by atoms with Crippen LogP contribution in [0.2, 0.25) is 0 Å². The molecular weight excluding hydrogens is 225 g/mol. The standard InChI is InChI=1S/C9H17F3N2O2/c1-3-8(4-2,5-13)7(15)14-16-6-9(10,11)12/h3-6,13H2,1-2H3,(H,14,15). The predicted octanol–water partition coefficient (Wildman–Crippen LogP) is 1.36. The van der Waals surface area contributed by atoms with Gasteiger partial charge in [0.2, 0.25) is 0 Å². The second-order valence-corrected chi connectivity index (χ2v) is 3.53. The Kier molecular flexibility index (Phi) is 5.74. The average molecular weight is 242 g/mol. The van der Waals surface area contributed by atoms with Crippen molar-refractivity contribution in [3.63, 3.8) is 0 Å². The molecule has 3 N–H and O–H groups in total. The topological polar surface area (TPSA) is 64.4 Å². The van der Waals surface area contributed by atoms with Crippen LogP contribution in [0.3, 0.4) is 0 Å². The molecule has 0 fully saturated rings. The number of hydroxylamine groups is 1. The lowest BCUT2D eigenvalue weighted by atomic mass is 9.82. The van der Waals surface area contributed by atoms with Crippen LogP contribution in [-0.2, 0) is 9.63 Å². The van der Waals surface area contributed by atoms with E-state index in [-0.39, 0.29) is 6.54 Å². The third kappa shape index (κ3) is 4.36. The smallest absolute Gasteiger partial charge is 0.329 e. The number of carbonyl (C=O) groups excluding carboxylic acids is 1. The first-order valence-electron chi connectivity index (χ1n) is 5.00. The summed E-state index contributed by atoms with van der Waals surface area (Å²) in [5.74, 6) is -0.607. The normalized spacial score (nSPS) is 12.6. The number of rotatable bonds is 6. The monoisotopic (exact) mass is 242 g/mol. The molecule has 0 aromatic rings. The Labute approximate surface area is 92.3 Å². The van der Waals surface area contributed by atoms with Gasteiger partial charge in [0.15, 0.2) is 6.61 Å². The van der Waals surface area contributed by atoms with Crippen molar-refractivity contribution in [2.75, 3.05) is 13.2 Å². The summed E-state index contributed by atoms with van der Waals surface area (Å²) >= 11 is 0. The number of amides is 1. The molecule has 0 aromatic heterocycles. The number of nitrogens with two attached hydrogens (primary N) is 1. The molecule has 0 aliphatic heterocycles. The lowest BCUT2D eigenvalue weighted by molar-refractivity contribution is -0.194. The minimum Gasteiger partial charge on any atom is -0.329 e. The SMILES string of the molecule is CCC(CC)(CN)C(=O)NOCC(F)(F)F. The van der Waals surface area contributed by atoms with Gasteiger partial charge in [-0.25, -0.2) is 5.48 Å². The second kappa shape index (κ2) is 6.05. The van der Waals surface area contributed by atoms with E-state index in [1.165, 1.54) is 0 Å². The van der Waals surface area contributed by atoms with Gasteiger partial charge in [0.05, 0.1) is 5.41 Å². The molecule has 4 nitrogen and oxygen atoms in total. The molecule has 0 aliphatic rings. The van der Waals surface area contributed by atoms with Crippen molar-refractivity contribution in [1.82, 2.24) is 5.48 Å². The fourth-order valence-corrected chi connectivity index (χ4v) is 1.24. The highest BCUT2D eigenvalue weighted by Gasteiger charge is 2.35. The third-order valence-electron chi connectivity index (χ3n) is 2.63. The molecule has 96 valence electrons. The largest absolute Gasteiger partial charge is 0.414 e. The molecule has 0 atom stereocenters. The van der Waals surface area contributed by atoms with Crippen LogP contribution in [-0.4, -0.2) is 25.2 Å². The van der Waals surface area contributed by atoms with Gasteiger partial charge in [0.25, 0.3) is 5.91 Å². The molecule has 0 saturated heterocycles. The van der Waals surface area contributed by atoms with Gasteiger partial charge in [-0.1, -0.05) is 13.8 Å². The first-order valence-corrected chi connectivity index (χ1v) is 5.00. The summed E-state index contributed by atoms with van der Waals surface area (Å²) in [5.41, 5.74) is 6.39. The maximum absolute atomic E-state index is 11.7. The van der Waals surface area contributed by atoms with Crippen LogP contribution in [0.4, 0.5) is 13.2 Å². The zero-order valence-electron chi connectivity index (χ0n) is 9.36. The quantitative estimate of drug-likeness (QED) is 0.691. The summed E-state index contributed by atoms with van der Waals surface area (Å²) in [5, 5.41) is 0. The number of halogens is 3. The van der Waals surface area contributed by atoms with E-state index in [9.17, 15) is 18.0 Å². The molecule has 0 radical (unpaired) electrons. The second-order valence-electron chi connectivity index (χ2n) is 3.53. The third-order valence-corrected chi connectivity index (χ3v) is 2.63. The van der Waals surface area contributed by atoms with E-state index in [0.29, 0.717) is 12.8 Å². The summed E-state index contributed by atoms with van der Waals surface area (Å²) in [4.78, 5) is 15.7. The van der Waals surface area contributed by atoms with E-state index in [1.807, 2.05) is 0 Å². The van der Waals surface area contributed by atoms with Gasteiger partial charge in [0.1, 0.15) is 0 Å². The molecule has 1 amide bonds. The van der Waals surface area contributed by atoms with E-state index in [2.05, 4.69) is 4.84 Å². The summed E-state index contributed by atoms with van der Waals surface area (Å²) in [6, 6.07) is 0. The van der Waals surface area contributed by atoms with Crippen LogP contribution in [0.1, 0.15) is 26.7 Å². The zero-order valence-corrected chi connectivity index (χ0v) is 9.36. The average Bonchev–Trinajstić information content (AvgIpc) is 2.19. The summed E-state index contributed by atoms with van der Waals surface area (Å²) in [6.07, 6.45) is -3.57. The van der Waals surface area contributed by atoms with Gasteiger partial charge >= 0.3 is 6.18 Å². The van der Waals surface area contributed by atoms with Crippen LogP contribution in [0.15, 0.2) is 0 Å². The number of alkyl halides is 3. The van der Waals surface area contributed by atoms with E-state index in [4.69, 9.17) is 5.73 Å². The van der Waals surface area contributed by atoms with Crippen molar-refractivity contribution in [3.05, 3.63) is 0 Å². The number of hydrogen-bond acceptors (Lipinski definition) is 3. The molecule has 0 bridgehead atoms. The Morgan fingerprint density at radius 2 is 1.81 bits per heavy atom. The number of nitrogens with one attached hydrogen (secondary N) is 1. The van der Waals surface area contributed by atoms with Gasteiger partial charge in [-0.05, 0) is 12.8 Å². The maximum atomic E-state index is 11.7. The molecule has 7 heteroatoms. The molecule has 16 heavy (non-hydrogen) atoms. The maximum Gasteiger partial charge on any atom is 0.414 e. The lowest BCUT2D eigenvalue weighted by Gasteiger charge is -2.28. The van der Waals surface area contributed by atoms with Crippen molar-refractivity contribution >= 4 is 5.91 Å². The van der Waals surface area contributed by atoms with Crippen LogP contribution >= 0.6 is 0 Å². The highest BCUT2D eigenvalue weighted by Crippen LogP contribution is 2.25. The molecule has 0 rings (SSSR count). The molecule has 0 heterocycles. The van der Waals surface area contributed by atoms with Crippen molar-refractivity contribution < 1.29 is 22.8 Å². The Hall–Kier alpha value is -0.820. The van der Waals surface area contributed by atoms with Crippen molar-refractivity contribution in [2.45, 2.75) is 32.9 Å². The molecule has 0 saturated carbocycles. The lowest BCUT2D eigenvalue weighted by Crippen LogP contribution is -2.46. The van der Waals surface area contributed by atoms with Gasteiger partial charge < -0.3 is 5.73 Å². The Morgan fingerprint density at radius 3 is 2.12 bits per heavy atom. The first kappa shape index (κ1) is 15.2.